The maximum absolute atomic E-state index is 16.1. The SMILES string of the molecule is COc1cc(NC(=O)C2CCCCCN2C)c(OCc2ccccc2)c2c1C[C@H]1C[C@H]3[C@H](N(C)C)c4onc(OCc5ccccc5)c4C(=O)C3(O[Si](C)(C)C(C)(C)C)C(=O)C1=C2O. The summed E-state index contributed by atoms with van der Waals surface area (Å²) in [6.45, 7) is 11.3. The summed E-state index contributed by atoms with van der Waals surface area (Å²) < 4.78 is 32.3. The van der Waals surface area contributed by atoms with Crippen LogP contribution in [0.4, 0.5) is 5.69 Å². The molecule has 2 N–H and O–H groups in total. The Kier molecular flexibility index (Phi) is 12.5. The first-order chi connectivity index (χ1) is 30.5. The third-order valence-corrected chi connectivity index (χ3v) is 18.7. The van der Waals surface area contributed by atoms with Gasteiger partial charge in [-0.3, -0.25) is 24.2 Å². The van der Waals surface area contributed by atoms with Gasteiger partial charge in [-0.25, -0.2) is 0 Å². The van der Waals surface area contributed by atoms with Crippen molar-refractivity contribution in [2.45, 2.75) is 108 Å². The zero-order chi connectivity index (χ0) is 45.7. The maximum atomic E-state index is 16.1. The third-order valence-electron chi connectivity index (χ3n) is 14.3. The van der Waals surface area contributed by atoms with Crippen LogP contribution in [0.1, 0.15) is 97.3 Å². The van der Waals surface area contributed by atoms with Crippen molar-refractivity contribution < 1.29 is 42.6 Å². The molecule has 1 saturated carbocycles. The van der Waals surface area contributed by atoms with Crippen LogP contribution in [-0.2, 0) is 33.6 Å². The lowest BCUT2D eigenvalue weighted by atomic mass is 9.57. The monoisotopic (exact) mass is 890 g/mol. The number of ketones is 2. The summed E-state index contributed by atoms with van der Waals surface area (Å²) in [6.07, 6.45) is 4.23. The summed E-state index contributed by atoms with van der Waals surface area (Å²) in [4.78, 5) is 50.1. The molecule has 1 aliphatic heterocycles. The Balaban J connectivity index is 1.31. The van der Waals surface area contributed by atoms with Crippen molar-refractivity contribution in [2.24, 2.45) is 11.8 Å². The zero-order valence-corrected chi connectivity index (χ0v) is 39.6. The topological polar surface area (TPSA) is 153 Å². The summed E-state index contributed by atoms with van der Waals surface area (Å²) in [5.41, 5.74) is 0.977. The second-order valence-electron chi connectivity index (χ2n) is 19.6. The molecular weight excluding hydrogens is 829 g/mol. The molecule has 0 spiro atoms. The Bertz CT molecular complexity index is 2440. The minimum atomic E-state index is -2.98. The number of carbonyl (C=O) groups is 3. The number of fused-ring (bicyclic) bond motifs is 4. The van der Waals surface area contributed by atoms with Crippen LogP contribution in [0.2, 0.25) is 18.1 Å². The van der Waals surface area contributed by atoms with Gasteiger partial charge in [0.1, 0.15) is 30.3 Å². The number of Topliss-reactive ketones (excluding diaryl/α,β-unsaturated/α-hetero) is 2. The number of nitrogens with one attached hydrogen (secondary N) is 1. The van der Waals surface area contributed by atoms with E-state index in [1.807, 2.05) is 99.8 Å². The zero-order valence-electron chi connectivity index (χ0n) is 38.6. The average molecular weight is 891 g/mol. The Morgan fingerprint density at radius 2 is 1.62 bits per heavy atom. The van der Waals surface area contributed by atoms with Gasteiger partial charge in [0.15, 0.2) is 25.4 Å². The Labute approximate surface area is 377 Å². The number of ether oxygens (including phenoxy) is 3. The van der Waals surface area contributed by atoms with Gasteiger partial charge in [-0.1, -0.05) is 94.3 Å². The molecule has 2 fully saturated rings. The van der Waals surface area contributed by atoms with E-state index in [9.17, 15) is 9.90 Å². The van der Waals surface area contributed by atoms with E-state index in [4.69, 9.17) is 23.2 Å². The van der Waals surface area contributed by atoms with Gasteiger partial charge >= 0.3 is 0 Å². The molecule has 1 saturated heterocycles. The molecule has 13 nitrogen and oxygen atoms in total. The molecule has 2 heterocycles. The molecule has 340 valence electrons. The first kappa shape index (κ1) is 45.3. The molecule has 8 rings (SSSR count). The van der Waals surface area contributed by atoms with E-state index in [1.54, 1.807) is 13.2 Å². The van der Waals surface area contributed by atoms with Gasteiger partial charge in [0.05, 0.1) is 30.4 Å². The van der Waals surface area contributed by atoms with Gasteiger partial charge in [-0.05, 0) is 93.7 Å². The van der Waals surface area contributed by atoms with Gasteiger partial charge in [0.2, 0.25) is 17.5 Å². The van der Waals surface area contributed by atoms with E-state index in [0.29, 0.717) is 29.2 Å². The fourth-order valence-electron chi connectivity index (χ4n) is 9.93. The second kappa shape index (κ2) is 17.6. The highest BCUT2D eigenvalue weighted by molar-refractivity contribution is 6.74. The summed E-state index contributed by atoms with van der Waals surface area (Å²) >= 11 is 0. The van der Waals surface area contributed by atoms with Crippen LogP contribution in [0.15, 0.2) is 76.8 Å². The summed E-state index contributed by atoms with van der Waals surface area (Å²) in [6, 6.07) is 19.9. The van der Waals surface area contributed by atoms with E-state index in [-0.39, 0.29) is 72.1 Å². The molecule has 3 aromatic carbocycles. The number of anilines is 1. The van der Waals surface area contributed by atoms with Crippen molar-refractivity contribution in [3.8, 4) is 17.4 Å². The minimum absolute atomic E-state index is 0.0180. The number of nitrogens with zero attached hydrogens (tertiary/aromatic N) is 3. The van der Waals surface area contributed by atoms with Crippen molar-refractivity contribution in [3.63, 3.8) is 0 Å². The number of methoxy groups -OCH3 is 1. The molecule has 1 aromatic heterocycles. The second-order valence-corrected chi connectivity index (χ2v) is 24.3. The van der Waals surface area contributed by atoms with Gasteiger partial charge in [-0.2, -0.15) is 0 Å². The summed E-state index contributed by atoms with van der Waals surface area (Å²) in [5, 5.41) is 20.0. The smallest absolute Gasteiger partial charge is 0.265 e. The van der Waals surface area contributed by atoms with Crippen molar-refractivity contribution in [1.82, 2.24) is 15.0 Å². The molecule has 1 amide bonds. The molecule has 4 aromatic rings. The average Bonchev–Trinajstić information content (AvgIpc) is 3.55. The fourth-order valence-corrected chi connectivity index (χ4v) is 11.4. The van der Waals surface area contributed by atoms with Crippen LogP contribution >= 0.6 is 0 Å². The lowest BCUT2D eigenvalue weighted by Gasteiger charge is -2.55. The number of hydrogen-bond acceptors (Lipinski definition) is 12. The molecule has 3 aliphatic carbocycles. The number of aliphatic hydroxyl groups excluding tert-OH is 1. The molecule has 4 aliphatic rings. The molecule has 64 heavy (non-hydrogen) atoms. The van der Waals surface area contributed by atoms with E-state index < -0.39 is 48.4 Å². The van der Waals surface area contributed by atoms with Gasteiger partial charge in [0, 0.05) is 23.1 Å². The number of carbonyl (C=O) groups excluding carboxylic acids is 3. The number of benzene rings is 3. The number of rotatable bonds is 12. The predicted molar refractivity (Wildman–Crippen MR) is 246 cm³/mol. The number of hydrogen-bond donors (Lipinski definition) is 2. The Morgan fingerprint density at radius 3 is 2.25 bits per heavy atom. The van der Waals surface area contributed by atoms with E-state index >= 15 is 9.59 Å². The number of aromatic nitrogens is 1. The van der Waals surface area contributed by atoms with Crippen molar-refractivity contribution >= 4 is 37.2 Å². The molecule has 0 radical (unpaired) electrons. The standard InChI is InChI=1S/C50H62N4O9Si/c1-49(2,3)64(8,9)63-50-34(41(53(4)5)44-40(46(50)57)48(52-62-44)61-29-31-21-15-11-16-22-31)26-32-25-33-37(59-7)27-35(51-47(58)36-23-17-12-18-24-54(36)6)43(39(33)42(55)38(32)45(50)56)60-28-30-19-13-10-14-20-30/h10-11,13-16,19-22,27,32,34,36,41,55H,12,17-18,23-26,28-29H2,1-9H3,(H,51,58)/t32-,34-,36?,41-,50?/m0/s1. The largest absolute Gasteiger partial charge is 0.507 e. The van der Waals surface area contributed by atoms with Crippen LogP contribution in [0.3, 0.4) is 0 Å². The highest BCUT2D eigenvalue weighted by Gasteiger charge is 2.69. The van der Waals surface area contributed by atoms with Crippen LogP contribution in [0.5, 0.6) is 17.4 Å². The number of aliphatic hydroxyl groups is 1. The number of amides is 1. The Hall–Kier alpha value is -5.28. The van der Waals surface area contributed by atoms with E-state index in [1.165, 1.54) is 0 Å². The van der Waals surface area contributed by atoms with Crippen LogP contribution in [0.25, 0.3) is 5.76 Å². The van der Waals surface area contributed by atoms with Crippen molar-refractivity contribution in [1.29, 1.82) is 0 Å². The summed E-state index contributed by atoms with van der Waals surface area (Å²) in [7, 11) is 4.31. The van der Waals surface area contributed by atoms with Gasteiger partial charge in [-0.15, -0.1) is 0 Å². The maximum Gasteiger partial charge on any atom is 0.265 e. The van der Waals surface area contributed by atoms with E-state index in [2.05, 4.69) is 36.1 Å². The highest BCUT2D eigenvalue weighted by atomic mass is 28.4. The number of likely N-dealkylation sites (N-methyl/N-ethyl adjacent to an activating group) is 1. The first-order valence-electron chi connectivity index (χ1n) is 22.5. The normalized spacial score (nSPS) is 23.7. The predicted octanol–water partition coefficient (Wildman–Crippen LogP) is 8.94. The van der Waals surface area contributed by atoms with Gasteiger partial charge < -0.3 is 33.6 Å². The summed E-state index contributed by atoms with van der Waals surface area (Å²) in [5.74, 6) is -2.09. The lowest BCUT2D eigenvalue weighted by Crippen LogP contribution is -2.68. The van der Waals surface area contributed by atoms with Crippen LogP contribution in [0, 0.1) is 11.8 Å². The molecule has 5 atom stereocenters. The molecule has 14 heteroatoms. The van der Waals surface area contributed by atoms with Crippen molar-refractivity contribution in [3.05, 3.63) is 106 Å². The lowest BCUT2D eigenvalue weighted by molar-refractivity contribution is -0.140. The number of likely N-dealkylation sites (tertiary alicyclic amines) is 1. The molecule has 2 unspecified atom stereocenters. The molecule has 0 bridgehead atoms. The molecular formula is C50H62N4O9Si. The highest BCUT2D eigenvalue weighted by Crippen LogP contribution is 2.60. The van der Waals surface area contributed by atoms with Crippen LogP contribution < -0.4 is 19.5 Å². The Morgan fingerprint density at radius 1 is 0.969 bits per heavy atom. The minimum Gasteiger partial charge on any atom is -0.507 e. The van der Waals surface area contributed by atoms with Gasteiger partial charge in [0.25, 0.3) is 5.88 Å². The first-order valence-corrected chi connectivity index (χ1v) is 25.4. The third kappa shape index (κ3) is 7.96. The van der Waals surface area contributed by atoms with Crippen LogP contribution in [-0.4, -0.2) is 92.3 Å². The van der Waals surface area contributed by atoms with Crippen molar-refractivity contribution in [2.75, 3.05) is 40.1 Å². The fraction of sp³-hybridized carbons (Fsp3) is 0.480. The van der Waals surface area contributed by atoms with E-state index in [0.717, 1.165) is 36.9 Å². The quantitative estimate of drug-likeness (QED) is 0.103.